The first kappa shape index (κ1) is 14.4. The van der Waals surface area contributed by atoms with Crippen molar-refractivity contribution in [1.29, 1.82) is 0 Å². The molecule has 106 valence electrons. The second kappa shape index (κ2) is 5.54. The van der Waals surface area contributed by atoms with Crippen LogP contribution in [0.1, 0.15) is 27.3 Å². The van der Waals surface area contributed by atoms with Crippen molar-refractivity contribution in [3.05, 3.63) is 45.7 Å². The van der Waals surface area contributed by atoms with Gasteiger partial charge in [-0.25, -0.2) is 0 Å². The highest BCUT2D eigenvalue weighted by molar-refractivity contribution is 6.36. The first-order chi connectivity index (χ1) is 9.41. The predicted molar refractivity (Wildman–Crippen MR) is 79.7 cm³/mol. The molecule has 0 unspecified atom stereocenters. The summed E-state index contributed by atoms with van der Waals surface area (Å²) in [5.41, 5.74) is 9.42. The zero-order chi connectivity index (χ0) is 14.9. The van der Waals surface area contributed by atoms with Gasteiger partial charge in [0.05, 0.1) is 22.0 Å². The van der Waals surface area contributed by atoms with Gasteiger partial charge in [-0.15, -0.1) is 0 Å². The van der Waals surface area contributed by atoms with E-state index in [1.54, 1.807) is 22.9 Å². The van der Waals surface area contributed by atoms with Gasteiger partial charge in [0.25, 0.3) is 5.91 Å². The number of anilines is 1. The van der Waals surface area contributed by atoms with Crippen LogP contribution in [0.4, 0.5) is 5.69 Å². The van der Waals surface area contributed by atoms with E-state index in [0.717, 1.165) is 17.0 Å². The second-order valence-corrected chi connectivity index (χ2v) is 5.04. The Morgan fingerprint density at radius 2 is 2.15 bits per heavy atom. The van der Waals surface area contributed by atoms with E-state index in [-0.39, 0.29) is 10.9 Å². The van der Waals surface area contributed by atoms with Gasteiger partial charge in [-0.2, -0.15) is 5.10 Å². The zero-order valence-electron chi connectivity index (χ0n) is 11.7. The summed E-state index contributed by atoms with van der Waals surface area (Å²) in [7, 11) is 1.88. The lowest BCUT2D eigenvalue weighted by atomic mass is 10.1. The Labute approximate surface area is 122 Å². The molecule has 5 nitrogen and oxygen atoms in total. The number of amides is 1. The van der Waals surface area contributed by atoms with E-state index in [9.17, 15) is 4.79 Å². The molecule has 20 heavy (non-hydrogen) atoms. The fourth-order valence-corrected chi connectivity index (χ4v) is 2.27. The third-order valence-electron chi connectivity index (χ3n) is 3.36. The van der Waals surface area contributed by atoms with Crippen LogP contribution < -0.4 is 11.1 Å². The number of aryl methyl sites for hydroxylation is 2. The molecule has 0 aliphatic rings. The Morgan fingerprint density at radius 1 is 1.45 bits per heavy atom. The molecule has 2 aromatic rings. The van der Waals surface area contributed by atoms with Crippen molar-refractivity contribution < 1.29 is 4.79 Å². The molecule has 1 amide bonds. The molecular formula is C14H17ClN4O. The number of benzene rings is 1. The molecule has 0 atom stereocenters. The third-order valence-corrected chi connectivity index (χ3v) is 3.78. The van der Waals surface area contributed by atoms with Gasteiger partial charge < -0.3 is 11.1 Å². The van der Waals surface area contributed by atoms with Crippen molar-refractivity contribution >= 4 is 23.2 Å². The summed E-state index contributed by atoms with van der Waals surface area (Å²) in [5.74, 6) is -0.245. The number of aromatic nitrogens is 2. The number of nitrogen functional groups attached to an aromatic ring is 1. The largest absolute Gasteiger partial charge is 0.398 e. The number of nitrogens with zero attached hydrogens (tertiary/aromatic N) is 2. The molecule has 0 fully saturated rings. The number of halogens is 1. The maximum atomic E-state index is 12.1. The van der Waals surface area contributed by atoms with Gasteiger partial charge >= 0.3 is 0 Å². The van der Waals surface area contributed by atoms with Crippen LogP contribution in [0.2, 0.25) is 5.02 Å². The molecular weight excluding hydrogens is 276 g/mol. The smallest absolute Gasteiger partial charge is 0.253 e. The molecule has 2 rings (SSSR count). The first-order valence-electron chi connectivity index (χ1n) is 6.23. The minimum Gasteiger partial charge on any atom is -0.398 e. The molecule has 6 heteroatoms. The molecule has 1 heterocycles. The molecule has 3 N–H and O–H groups in total. The zero-order valence-corrected chi connectivity index (χ0v) is 12.5. The Kier molecular flexibility index (Phi) is 3.99. The monoisotopic (exact) mass is 292 g/mol. The molecule has 0 saturated carbocycles. The lowest BCUT2D eigenvalue weighted by Crippen LogP contribution is -2.24. The van der Waals surface area contributed by atoms with Crippen molar-refractivity contribution in [2.45, 2.75) is 20.4 Å². The Balaban J connectivity index is 2.15. The van der Waals surface area contributed by atoms with Crippen LogP contribution in [-0.4, -0.2) is 15.7 Å². The van der Waals surface area contributed by atoms with Crippen LogP contribution in [0.25, 0.3) is 0 Å². The summed E-state index contributed by atoms with van der Waals surface area (Å²) >= 11 is 6.03. The van der Waals surface area contributed by atoms with Crippen LogP contribution in [0.5, 0.6) is 0 Å². The van der Waals surface area contributed by atoms with Crippen LogP contribution in [0.3, 0.4) is 0 Å². The van der Waals surface area contributed by atoms with E-state index in [2.05, 4.69) is 10.4 Å². The SMILES string of the molecule is Cc1nn(C)c(C)c1CNC(=O)c1cccc(N)c1Cl. The molecule has 0 saturated heterocycles. The van der Waals surface area contributed by atoms with E-state index in [0.29, 0.717) is 17.8 Å². The minimum atomic E-state index is -0.245. The lowest BCUT2D eigenvalue weighted by Gasteiger charge is -2.08. The molecule has 0 aliphatic carbocycles. The fourth-order valence-electron chi connectivity index (χ4n) is 2.06. The maximum Gasteiger partial charge on any atom is 0.253 e. The van der Waals surface area contributed by atoms with Crippen molar-refractivity contribution in [2.75, 3.05) is 5.73 Å². The second-order valence-electron chi connectivity index (χ2n) is 4.66. The lowest BCUT2D eigenvalue weighted by molar-refractivity contribution is 0.0951. The van der Waals surface area contributed by atoms with Crippen molar-refractivity contribution in [3.8, 4) is 0 Å². The van der Waals surface area contributed by atoms with E-state index in [1.807, 2.05) is 20.9 Å². The topological polar surface area (TPSA) is 72.9 Å². The van der Waals surface area contributed by atoms with Crippen LogP contribution >= 0.6 is 11.6 Å². The van der Waals surface area contributed by atoms with Gasteiger partial charge in [-0.1, -0.05) is 17.7 Å². The first-order valence-corrected chi connectivity index (χ1v) is 6.61. The number of hydrogen-bond acceptors (Lipinski definition) is 3. The van der Waals surface area contributed by atoms with Crippen LogP contribution in [0, 0.1) is 13.8 Å². The average Bonchev–Trinajstić information content (AvgIpc) is 2.64. The number of carbonyl (C=O) groups is 1. The van der Waals surface area contributed by atoms with Gasteiger partial charge in [0.15, 0.2) is 0 Å². The number of hydrogen-bond donors (Lipinski definition) is 2. The average molecular weight is 293 g/mol. The van der Waals surface area contributed by atoms with E-state index in [1.165, 1.54) is 0 Å². The Hall–Kier alpha value is -2.01. The highest BCUT2D eigenvalue weighted by Crippen LogP contribution is 2.23. The molecule has 0 aliphatic heterocycles. The van der Waals surface area contributed by atoms with Gasteiger partial charge in [0.1, 0.15) is 0 Å². The van der Waals surface area contributed by atoms with E-state index in [4.69, 9.17) is 17.3 Å². The minimum absolute atomic E-state index is 0.245. The number of rotatable bonds is 3. The molecule has 1 aromatic heterocycles. The Bertz CT molecular complexity index is 663. The quantitative estimate of drug-likeness (QED) is 0.852. The van der Waals surface area contributed by atoms with Gasteiger partial charge in [0.2, 0.25) is 0 Å². The van der Waals surface area contributed by atoms with Crippen molar-refractivity contribution in [3.63, 3.8) is 0 Å². The summed E-state index contributed by atoms with van der Waals surface area (Å²) in [5, 5.41) is 7.44. The van der Waals surface area contributed by atoms with E-state index < -0.39 is 0 Å². The number of nitrogens with one attached hydrogen (secondary N) is 1. The summed E-state index contributed by atoms with van der Waals surface area (Å²) in [4.78, 5) is 12.1. The highest BCUT2D eigenvalue weighted by atomic mass is 35.5. The third kappa shape index (κ3) is 2.63. The van der Waals surface area contributed by atoms with Gasteiger partial charge in [-0.3, -0.25) is 9.48 Å². The number of carbonyl (C=O) groups excluding carboxylic acids is 1. The molecule has 0 bridgehead atoms. The molecule has 1 aromatic carbocycles. The van der Waals surface area contributed by atoms with Crippen molar-refractivity contribution in [2.24, 2.45) is 7.05 Å². The van der Waals surface area contributed by atoms with Gasteiger partial charge in [-0.05, 0) is 26.0 Å². The molecule has 0 spiro atoms. The molecule has 0 radical (unpaired) electrons. The highest BCUT2D eigenvalue weighted by Gasteiger charge is 2.14. The van der Waals surface area contributed by atoms with Crippen LogP contribution in [0.15, 0.2) is 18.2 Å². The Morgan fingerprint density at radius 3 is 2.75 bits per heavy atom. The fraction of sp³-hybridized carbons (Fsp3) is 0.286. The maximum absolute atomic E-state index is 12.1. The summed E-state index contributed by atoms with van der Waals surface area (Å²) in [6.45, 7) is 4.30. The standard InChI is InChI=1S/C14H17ClN4O/c1-8-11(9(2)19(3)18-8)7-17-14(20)10-5-4-6-12(16)13(10)15/h4-6H,7,16H2,1-3H3,(H,17,20). The van der Waals surface area contributed by atoms with Crippen molar-refractivity contribution in [1.82, 2.24) is 15.1 Å². The normalized spacial score (nSPS) is 10.6. The van der Waals surface area contributed by atoms with Gasteiger partial charge in [0, 0.05) is 24.8 Å². The van der Waals surface area contributed by atoms with E-state index >= 15 is 0 Å². The summed E-state index contributed by atoms with van der Waals surface area (Å²) in [6.07, 6.45) is 0. The summed E-state index contributed by atoms with van der Waals surface area (Å²) < 4.78 is 1.80. The number of nitrogens with two attached hydrogens (primary N) is 1. The predicted octanol–water partition coefficient (Wildman–Crippen LogP) is 2.20. The van der Waals surface area contributed by atoms with Crippen LogP contribution in [-0.2, 0) is 13.6 Å². The summed E-state index contributed by atoms with van der Waals surface area (Å²) in [6, 6.07) is 5.02.